The number of hydrogen-bond donors (Lipinski definition) is 1. The van der Waals surface area contributed by atoms with Gasteiger partial charge in [0.05, 0.1) is 5.92 Å². The number of rotatable bonds is 5. The first-order valence-corrected chi connectivity index (χ1v) is 7.42. The number of nitrogens with zero attached hydrogens (tertiary/aromatic N) is 1. The molecule has 1 aliphatic rings. The highest BCUT2D eigenvalue weighted by Gasteiger charge is 2.28. The van der Waals surface area contributed by atoms with Crippen molar-refractivity contribution < 1.29 is 4.79 Å². The summed E-state index contributed by atoms with van der Waals surface area (Å²) in [7, 11) is 0. The molecule has 1 fully saturated rings. The lowest BCUT2D eigenvalue weighted by Gasteiger charge is -2.33. The SMILES string of the molecule is CC(C)CN(CC(C)C)C(=O)C1CCC(C)NC1. The topological polar surface area (TPSA) is 32.3 Å². The van der Waals surface area contributed by atoms with Gasteiger partial charge < -0.3 is 10.2 Å². The smallest absolute Gasteiger partial charge is 0.226 e. The molecular weight excluding hydrogens is 224 g/mol. The Kier molecular flexibility index (Phi) is 6.13. The van der Waals surface area contributed by atoms with E-state index in [0.29, 0.717) is 23.8 Å². The van der Waals surface area contributed by atoms with E-state index in [4.69, 9.17) is 0 Å². The van der Waals surface area contributed by atoms with Crippen LogP contribution in [0, 0.1) is 17.8 Å². The second-order valence-corrected chi connectivity index (χ2v) is 6.61. The van der Waals surface area contributed by atoms with Crippen LogP contribution in [0.4, 0.5) is 0 Å². The molecule has 3 nitrogen and oxygen atoms in total. The molecule has 1 amide bonds. The summed E-state index contributed by atoms with van der Waals surface area (Å²) in [6, 6.07) is 0.567. The van der Waals surface area contributed by atoms with Crippen LogP contribution in [0.3, 0.4) is 0 Å². The number of piperidine rings is 1. The summed E-state index contributed by atoms with van der Waals surface area (Å²) in [5.74, 6) is 1.64. The van der Waals surface area contributed by atoms with E-state index < -0.39 is 0 Å². The van der Waals surface area contributed by atoms with Gasteiger partial charge in [-0.05, 0) is 31.6 Å². The predicted octanol–water partition coefficient (Wildman–Crippen LogP) is 2.52. The second-order valence-electron chi connectivity index (χ2n) is 6.61. The Bertz CT molecular complexity index is 245. The average Bonchev–Trinajstić information content (AvgIpc) is 2.27. The molecule has 1 saturated heterocycles. The van der Waals surface area contributed by atoms with E-state index in [1.165, 1.54) is 0 Å². The van der Waals surface area contributed by atoms with Crippen LogP contribution in [0.5, 0.6) is 0 Å². The molecule has 18 heavy (non-hydrogen) atoms. The van der Waals surface area contributed by atoms with Gasteiger partial charge in [-0.15, -0.1) is 0 Å². The standard InChI is InChI=1S/C15H30N2O/c1-11(2)9-17(10-12(3)4)15(18)14-7-6-13(5)16-8-14/h11-14,16H,6-10H2,1-5H3. The van der Waals surface area contributed by atoms with Crippen LogP contribution in [0.2, 0.25) is 0 Å². The van der Waals surface area contributed by atoms with Crippen molar-refractivity contribution in [1.29, 1.82) is 0 Å². The molecule has 1 aliphatic heterocycles. The molecule has 3 heteroatoms. The number of carbonyl (C=O) groups excluding carboxylic acids is 1. The van der Waals surface area contributed by atoms with Crippen LogP contribution in [0.15, 0.2) is 0 Å². The maximum atomic E-state index is 12.6. The van der Waals surface area contributed by atoms with Crippen LogP contribution < -0.4 is 5.32 Å². The Hall–Kier alpha value is -0.570. The van der Waals surface area contributed by atoms with Gasteiger partial charge in [0.2, 0.25) is 5.91 Å². The highest BCUT2D eigenvalue weighted by molar-refractivity contribution is 5.79. The van der Waals surface area contributed by atoms with Crippen molar-refractivity contribution in [3.63, 3.8) is 0 Å². The Balaban J connectivity index is 2.57. The minimum absolute atomic E-state index is 0.193. The van der Waals surface area contributed by atoms with Crippen LogP contribution in [0.1, 0.15) is 47.5 Å². The zero-order chi connectivity index (χ0) is 13.7. The average molecular weight is 254 g/mol. The van der Waals surface area contributed by atoms with E-state index in [1.54, 1.807) is 0 Å². The van der Waals surface area contributed by atoms with Crippen molar-refractivity contribution in [3.8, 4) is 0 Å². The molecule has 0 bridgehead atoms. The molecule has 2 atom stereocenters. The van der Waals surface area contributed by atoms with Gasteiger partial charge in [-0.2, -0.15) is 0 Å². The summed E-state index contributed by atoms with van der Waals surface area (Å²) in [4.78, 5) is 14.6. The predicted molar refractivity (Wildman–Crippen MR) is 76.4 cm³/mol. The summed E-state index contributed by atoms with van der Waals surface area (Å²) in [5, 5.41) is 3.43. The second kappa shape index (κ2) is 7.13. The van der Waals surface area contributed by atoms with Gasteiger partial charge in [0.1, 0.15) is 0 Å². The van der Waals surface area contributed by atoms with E-state index >= 15 is 0 Å². The fourth-order valence-electron chi connectivity index (χ4n) is 2.60. The van der Waals surface area contributed by atoms with Gasteiger partial charge >= 0.3 is 0 Å². The maximum Gasteiger partial charge on any atom is 0.226 e. The lowest BCUT2D eigenvalue weighted by atomic mass is 9.93. The summed E-state index contributed by atoms with van der Waals surface area (Å²) < 4.78 is 0. The summed E-state index contributed by atoms with van der Waals surface area (Å²) >= 11 is 0. The van der Waals surface area contributed by atoms with Crippen molar-refractivity contribution in [2.75, 3.05) is 19.6 Å². The van der Waals surface area contributed by atoms with Gasteiger partial charge in [-0.1, -0.05) is 27.7 Å². The fraction of sp³-hybridized carbons (Fsp3) is 0.933. The highest BCUT2D eigenvalue weighted by atomic mass is 16.2. The molecule has 0 spiro atoms. The molecule has 0 aliphatic carbocycles. The zero-order valence-electron chi connectivity index (χ0n) is 12.7. The number of carbonyl (C=O) groups is 1. The first kappa shape index (κ1) is 15.5. The van der Waals surface area contributed by atoms with E-state index in [9.17, 15) is 4.79 Å². The quantitative estimate of drug-likeness (QED) is 0.817. The van der Waals surface area contributed by atoms with Gasteiger partial charge in [0.25, 0.3) is 0 Å². The molecule has 0 aromatic rings. The maximum absolute atomic E-state index is 12.6. The van der Waals surface area contributed by atoms with Crippen LogP contribution >= 0.6 is 0 Å². The Labute approximate surface area is 112 Å². The largest absolute Gasteiger partial charge is 0.342 e. The van der Waals surface area contributed by atoms with Gasteiger partial charge in [0.15, 0.2) is 0 Å². The van der Waals surface area contributed by atoms with E-state index in [-0.39, 0.29) is 5.92 Å². The fourth-order valence-corrected chi connectivity index (χ4v) is 2.60. The lowest BCUT2D eigenvalue weighted by Crippen LogP contribution is -2.47. The molecular formula is C15H30N2O. The van der Waals surface area contributed by atoms with Crippen molar-refractivity contribution in [3.05, 3.63) is 0 Å². The molecule has 1 rings (SSSR count). The van der Waals surface area contributed by atoms with Crippen molar-refractivity contribution in [2.24, 2.45) is 17.8 Å². The highest BCUT2D eigenvalue weighted by Crippen LogP contribution is 2.18. The van der Waals surface area contributed by atoms with E-state index in [1.807, 2.05) is 0 Å². The molecule has 106 valence electrons. The number of nitrogens with one attached hydrogen (secondary N) is 1. The summed E-state index contributed by atoms with van der Waals surface area (Å²) in [6.45, 7) is 13.6. The third-order valence-electron chi connectivity index (χ3n) is 3.49. The molecule has 0 radical (unpaired) electrons. The molecule has 2 unspecified atom stereocenters. The van der Waals surface area contributed by atoms with E-state index in [2.05, 4.69) is 44.8 Å². The normalized spacial score (nSPS) is 24.6. The number of amides is 1. The molecule has 1 heterocycles. The van der Waals surface area contributed by atoms with Crippen molar-refractivity contribution >= 4 is 5.91 Å². The Morgan fingerprint density at radius 1 is 1.17 bits per heavy atom. The van der Waals surface area contributed by atoms with Crippen molar-refractivity contribution in [2.45, 2.75) is 53.5 Å². The minimum Gasteiger partial charge on any atom is -0.342 e. The monoisotopic (exact) mass is 254 g/mol. The van der Waals surface area contributed by atoms with Crippen LogP contribution in [-0.4, -0.2) is 36.5 Å². The Morgan fingerprint density at radius 2 is 1.72 bits per heavy atom. The van der Waals surface area contributed by atoms with Gasteiger partial charge in [-0.3, -0.25) is 4.79 Å². The summed E-state index contributed by atoms with van der Waals surface area (Å²) in [5.41, 5.74) is 0. The van der Waals surface area contributed by atoms with Gasteiger partial charge in [0, 0.05) is 25.7 Å². The summed E-state index contributed by atoms with van der Waals surface area (Å²) in [6.07, 6.45) is 2.16. The third-order valence-corrected chi connectivity index (χ3v) is 3.49. The Morgan fingerprint density at radius 3 is 2.11 bits per heavy atom. The van der Waals surface area contributed by atoms with Crippen LogP contribution in [0.25, 0.3) is 0 Å². The first-order valence-electron chi connectivity index (χ1n) is 7.42. The first-order chi connectivity index (χ1) is 8.40. The van der Waals surface area contributed by atoms with E-state index in [0.717, 1.165) is 32.5 Å². The third kappa shape index (κ3) is 4.97. The number of hydrogen-bond acceptors (Lipinski definition) is 2. The van der Waals surface area contributed by atoms with Crippen LogP contribution in [-0.2, 0) is 4.79 Å². The molecule has 0 aromatic heterocycles. The molecule has 1 N–H and O–H groups in total. The van der Waals surface area contributed by atoms with Gasteiger partial charge in [-0.25, -0.2) is 0 Å². The molecule has 0 aromatic carbocycles. The van der Waals surface area contributed by atoms with Crippen molar-refractivity contribution in [1.82, 2.24) is 10.2 Å². The lowest BCUT2D eigenvalue weighted by molar-refractivity contribution is -0.137. The minimum atomic E-state index is 0.193. The zero-order valence-corrected chi connectivity index (χ0v) is 12.7. The molecule has 0 saturated carbocycles.